The summed E-state index contributed by atoms with van der Waals surface area (Å²) in [5, 5.41) is 3.58. The van der Waals surface area contributed by atoms with E-state index in [1.807, 2.05) is 30.2 Å². The summed E-state index contributed by atoms with van der Waals surface area (Å²) in [5.74, 6) is 2.18. The van der Waals surface area contributed by atoms with Crippen LogP contribution in [0.25, 0.3) is 0 Å². The van der Waals surface area contributed by atoms with Crippen LogP contribution in [0.5, 0.6) is 0 Å². The van der Waals surface area contributed by atoms with Gasteiger partial charge in [0.25, 0.3) is 0 Å². The van der Waals surface area contributed by atoms with Crippen molar-refractivity contribution in [3.05, 3.63) is 30.1 Å². The largest absolute Gasteiger partial charge is 0.375 e. The maximum Gasteiger partial charge on any atom is 0.0860 e. The Morgan fingerprint density at radius 1 is 1.65 bits per heavy atom. The lowest BCUT2D eigenvalue weighted by atomic mass is 10.0. The molecule has 0 bridgehead atoms. The van der Waals surface area contributed by atoms with Crippen molar-refractivity contribution in [2.24, 2.45) is 0 Å². The summed E-state index contributed by atoms with van der Waals surface area (Å²) < 4.78 is 5.88. The van der Waals surface area contributed by atoms with Crippen LogP contribution < -0.4 is 5.32 Å². The zero-order valence-electron chi connectivity index (χ0n) is 10.3. The Kier molecular flexibility index (Phi) is 5.29. The van der Waals surface area contributed by atoms with Gasteiger partial charge in [-0.1, -0.05) is 13.0 Å². The number of thioether (sulfide) groups is 1. The highest BCUT2D eigenvalue weighted by Crippen LogP contribution is 2.25. The van der Waals surface area contributed by atoms with E-state index in [9.17, 15) is 0 Å². The summed E-state index contributed by atoms with van der Waals surface area (Å²) in [6.45, 7) is 4.06. The van der Waals surface area contributed by atoms with Crippen LogP contribution in [-0.2, 0) is 4.74 Å². The van der Waals surface area contributed by atoms with Gasteiger partial charge in [-0.25, -0.2) is 0 Å². The minimum atomic E-state index is 0.268. The standard InChI is InChI=1S/C13H20N2OS/c1-2-5-15-13(11-4-3-6-14-9-11)12-10-17-8-7-16-12/h3-4,6,9,12-13,15H,2,5,7-8,10H2,1H3. The van der Waals surface area contributed by atoms with E-state index >= 15 is 0 Å². The lowest BCUT2D eigenvalue weighted by Gasteiger charge is -2.31. The molecular weight excluding hydrogens is 232 g/mol. The van der Waals surface area contributed by atoms with Crippen LogP contribution in [0.1, 0.15) is 24.9 Å². The average Bonchev–Trinajstić information content (AvgIpc) is 2.42. The molecule has 1 aromatic heterocycles. The summed E-state index contributed by atoms with van der Waals surface area (Å²) in [6.07, 6.45) is 5.16. The quantitative estimate of drug-likeness (QED) is 0.871. The van der Waals surface area contributed by atoms with Gasteiger partial charge in [-0.2, -0.15) is 11.8 Å². The zero-order chi connectivity index (χ0) is 11.9. The topological polar surface area (TPSA) is 34.2 Å². The maximum absolute atomic E-state index is 5.88. The molecule has 0 saturated carbocycles. The molecule has 94 valence electrons. The molecule has 17 heavy (non-hydrogen) atoms. The fourth-order valence-electron chi connectivity index (χ4n) is 2.02. The van der Waals surface area contributed by atoms with Crippen molar-refractivity contribution in [2.45, 2.75) is 25.5 Å². The Morgan fingerprint density at radius 2 is 2.59 bits per heavy atom. The Morgan fingerprint density at radius 3 is 3.24 bits per heavy atom. The molecule has 1 fully saturated rings. The van der Waals surface area contributed by atoms with Crippen molar-refractivity contribution in [1.29, 1.82) is 0 Å². The summed E-state index contributed by atoms with van der Waals surface area (Å²) in [5.41, 5.74) is 1.23. The summed E-state index contributed by atoms with van der Waals surface area (Å²) in [6, 6.07) is 4.39. The summed E-state index contributed by atoms with van der Waals surface area (Å²) >= 11 is 1.97. The van der Waals surface area contributed by atoms with Gasteiger partial charge in [0.05, 0.1) is 18.8 Å². The number of nitrogens with zero attached hydrogens (tertiary/aromatic N) is 1. The minimum absolute atomic E-state index is 0.268. The van der Waals surface area contributed by atoms with Crippen LogP contribution in [0.2, 0.25) is 0 Å². The molecule has 0 amide bonds. The van der Waals surface area contributed by atoms with E-state index in [2.05, 4.69) is 23.3 Å². The molecule has 1 aliphatic heterocycles. The molecule has 1 aliphatic rings. The van der Waals surface area contributed by atoms with Crippen molar-refractivity contribution in [2.75, 3.05) is 24.7 Å². The third-order valence-electron chi connectivity index (χ3n) is 2.87. The second-order valence-corrected chi connectivity index (χ2v) is 5.35. The Bertz CT molecular complexity index is 314. The van der Waals surface area contributed by atoms with Gasteiger partial charge >= 0.3 is 0 Å². The van der Waals surface area contributed by atoms with Crippen molar-refractivity contribution in [3.8, 4) is 0 Å². The fraction of sp³-hybridized carbons (Fsp3) is 0.615. The molecule has 4 heteroatoms. The van der Waals surface area contributed by atoms with Crippen LogP contribution in [-0.4, -0.2) is 35.7 Å². The zero-order valence-corrected chi connectivity index (χ0v) is 11.1. The van der Waals surface area contributed by atoms with Gasteiger partial charge in [0.1, 0.15) is 0 Å². The second-order valence-electron chi connectivity index (χ2n) is 4.20. The molecule has 0 radical (unpaired) electrons. The molecule has 0 aliphatic carbocycles. The first-order valence-corrected chi connectivity index (χ1v) is 7.40. The molecule has 2 unspecified atom stereocenters. The number of ether oxygens (including phenoxy) is 1. The molecule has 1 saturated heterocycles. The highest BCUT2D eigenvalue weighted by atomic mass is 32.2. The average molecular weight is 252 g/mol. The van der Waals surface area contributed by atoms with E-state index in [0.29, 0.717) is 0 Å². The van der Waals surface area contributed by atoms with Gasteiger partial charge in [-0.3, -0.25) is 4.98 Å². The van der Waals surface area contributed by atoms with Gasteiger partial charge in [0.2, 0.25) is 0 Å². The van der Waals surface area contributed by atoms with Crippen molar-refractivity contribution in [3.63, 3.8) is 0 Å². The van der Waals surface area contributed by atoms with Gasteiger partial charge in [-0.05, 0) is 24.6 Å². The Balaban J connectivity index is 2.06. The monoisotopic (exact) mass is 252 g/mol. The maximum atomic E-state index is 5.88. The molecular formula is C13H20N2OS. The predicted molar refractivity (Wildman–Crippen MR) is 72.3 cm³/mol. The SMILES string of the molecule is CCCNC(c1cccnc1)C1CSCCO1. The molecule has 0 aromatic carbocycles. The van der Waals surface area contributed by atoms with Gasteiger partial charge in [0, 0.05) is 23.9 Å². The molecule has 2 rings (SSSR count). The number of aromatic nitrogens is 1. The molecule has 0 spiro atoms. The van der Waals surface area contributed by atoms with Crippen molar-refractivity contribution in [1.82, 2.24) is 10.3 Å². The summed E-state index contributed by atoms with van der Waals surface area (Å²) in [4.78, 5) is 4.21. The number of rotatable bonds is 5. The lowest BCUT2D eigenvalue weighted by molar-refractivity contribution is 0.0467. The van der Waals surface area contributed by atoms with E-state index < -0.39 is 0 Å². The summed E-state index contributed by atoms with van der Waals surface area (Å²) in [7, 11) is 0. The first kappa shape index (κ1) is 12.9. The number of pyridine rings is 1. The van der Waals surface area contributed by atoms with Crippen LogP contribution in [0.15, 0.2) is 24.5 Å². The van der Waals surface area contributed by atoms with E-state index in [1.54, 1.807) is 0 Å². The second kappa shape index (κ2) is 6.99. The van der Waals surface area contributed by atoms with Gasteiger partial charge in [-0.15, -0.1) is 0 Å². The minimum Gasteiger partial charge on any atom is -0.375 e. The molecule has 2 atom stereocenters. The Labute approximate surface area is 107 Å². The first-order valence-electron chi connectivity index (χ1n) is 6.24. The predicted octanol–water partition coefficient (Wildman–Crippen LogP) is 2.25. The normalized spacial score (nSPS) is 22.3. The molecule has 1 N–H and O–H groups in total. The van der Waals surface area contributed by atoms with E-state index in [1.165, 1.54) is 5.56 Å². The van der Waals surface area contributed by atoms with Crippen LogP contribution in [0.3, 0.4) is 0 Å². The third kappa shape index (κ3) is 3.69. The van der Waals surface area contributed by atoms with Gasteiger partial charge < -0.3 is 10.1 Å². The van der Waals surface area contributed by atoms with Crippen LogP contribution in [0, 0.1) is 0 Å². The van der Waals surface area contributed by atoms with Crippen LogP contribution in [0.4, 0.5) is 0 Å². The Hall–Kier alpha value is -0.580. The third-order valence-corrected chi connectivity index (χ3v) is 3.89. The molecule has 2 heterocycles. The van der Waals surface area contributed by atoms with Gasteiger partial charge in [0.15, 0.2) is 0 Å². The van der Waals surface area contributed by atoms with E-state index in [0.717, 1.165) is 31.1 Å². The van der Waals surface area contributed by atoms with Crippen molar-refractivity contribution >= 4 is 11.8 Å². The number of hydrogen-bond acceptors (Lipinski definition) is 4. The lowest BCUT2D eigenvalue weighted by Crippen LogP contribution is -2.38. The highest BCUT2D eigenvalue weighted by molar-refractivity contribution is 7.99. The van der Waals surface area contributed by atoms with E-state index in [-0.39, 0.29) is 12.1 Å². The smallest absolute Gasteiger partial charge is 0.0860 e. The molecule has 3 nitrogen and oxygen atoms in total. The molecule has 1 aromatic rings. The van der Waals surface area contributed by atoms with Crippen molar-refractivity contribution < 1.29 is 4.74 Å². The van der Waals surface area contributed by atoms with E-state index in [4.69, 9.17) is 4.74 Å². The highest BCUT2D eigenvalue weighted by Gasteiger charge is 2.25. The number of nitrogens with one attached hydrogen (secondary N) is 1. The van der Waals surface area contributed by atoms with Crippen LogP contribution >= 0.6 is 11.8 Å². The first-order chi connectivity index (χ1) is 8.42. The fourth-order valence-corrected chi connectivity index (χ4v) is 2.92. The number of hydrogen-bond donors (Lipinski definition) is 1.